The smallest absolute Gasteiger partial charge is 0.317 e. The number of aliphatic carboxylic acids is 3. The minimum absolute atomic E-state index is 0.308. The fraction of sp³-hybridized carbons (Fsp3) is 0.786. The van der Waals surface area contributed by atoms with Crippen LogP contribution in [0.25, 0.3) is 0 Å². The van der Waals surface area contributed by atoms with Crippen LogP contribution in [-0.4, -0.2) is 339 Å². The van der Waals surface area contributed by atoms with Crippen molar-refractivity contribution in [1.29, 1.82) is 0 Å². The van der Waals surface area contributed by atoms with Gasteiger partial charge in [0, 0.05) is 78.5 Å². The normalized spacial score (nSPS) is 16.5. The van der Waals surface area contributed by atoms with Crippen molar-refractivity contribution in [2.75, 3.05) is 111 Å². The van der Waals surface area contributed by atoms with Gasteiger partial charge in [-0.3, -0.25) is 57.9 Å². The Morgan fingerprint density at radius 2 is 0.520 bits per heavy atom. The first-order valence-electron chi connectivity index (χ1n) is 23.5. The first-order chi connectivity index (χ1) is 34.8. The van der Waals surface area contributed by atoms with E-state index in [0.717, 1.165) is 47.3 Å². The molecule has 0 spiro atoms. The molecule has 0 aromatic carbocycles. The lowest BCUT2D eigenvalue weighted by molar-refractivity contribution is -0.143. The fourth-order valence-electron chi connectivity index (χ4n) is 6.49. The van der Waals surface area contributed by atoms with Gasteiger partial charge >= 0.3 is 17.9 Å². The second-order valence-electron chi connectivity index (χ2n) is 17.5. The number of carboxylic acid groups (broad SMARTS) is 3. The summed E-state index contributed by atoms with van der Waals surface area (Å²) in [6.07, 6.45) is -22.0. The van der Waals surface area contributed by atoms with Crippen LogP contribution in [0.4, 0.5) is 0 Å². The van der Waals surface area contributed by atoms with Gasteiger partial charge in [0.05, 0.1) is 57.1 Å². The first-order valence-corrected chi connectivity index (χ1v) is 23.5. The van der Waals surface area contributed by atoms with Gasteiger partial charge in [0.2, 0.25) is 11.8 Å². The zero-order chi connectivity index (χ0) is 57.9. The van der Waals surface area contributed by atoms with E-state index in [1.54, 1.807) is 0 Å². The highest BCUT2D eigenvalue weighted by atomic mass is 16.4. The molecule has 434 valence electrons. The first kappa shape index (κ1) is 69.6. The summed E-state index contributed by atoms with van der Waals surface area (Å²) in [5.74, 6) is -10.6. The molecule has 0 fully saturated rings. The quantitative estimate of drug-likeness (QED) is 0.0271. The Bertz CT molecular complexity index is 1620. The highest BCUT2D eigenvalue weighted by Gasteiger charge is 2.32. The minimum Gasteiger partial charge on any atom is -0.480 e. The van der Waals surface area contributed by atoms with Crippen molar-refractivity contribution in [3.63, 3.8) is 0 Å². The van der Waals surface area contributed by atoms with Crippen molar-refractivity contribution in [2.45, 2.75) is 101 Å². The van der Waals surface area contributed by atoms with Crippen molar-refractivity contribution >= 4 is 53.4 Å². The second kappa shape index (κ2) is 35.8. The standard InChI is InChI=1S/C42H77N9O24/c1-22(52)31(64)35(68)39(72)43-5-9-50(10-6-44-40(73)36(69)32(65)23(2)53)26(56)17-48(20-29(60)61)15-13-47(19-28(58)59)14-16-49(21-30(62)63)18-27(57)51(11-7-45-41(74)37(70)33(66)24(3)54)12-8-46-42(75)38(71)34(67)25(4)55/h22-25,31-38,52-55,64-71H,5-21H2,1-4H3,(H,43,72)(H,44,73)(H,45,74)(H,46,75)(H,58,59)(H,60,61)(H,62,63)/t22-,23-,24-,25-,31+,32+,33+,34+,35-,36-,37-,38-/m1/s1. The molecule has 12 atom stereocenters. The summed E-state index contributed by atoms with van der Waals surface area (Å²) in [4.78, 5) is 118. The maximum atomic E-state index is 13.7. The maximum absolute atomic E-state index is 13.7. The molecule has 0 aliphatic heterocycles. The van der Waals surface area contributed by atoms with E-state index in [-0.39, 0.29) is 26.2 Å². The largest absolute Gasteiger partial charge is 0.480 e. The lowest BCUT2D eigenvalue weighted by Gasteiger charge is -2.31. The number of hydrogen-bond acceptors (Lipinski definition) is 24. The molecular weight excluding hydrogens is 1010 g/mol. The third-order valence-corrected chi connectivity index (χ3v) is 11.0. The van der Waals surface area contributed by atoms with Crippen LogP contribution in [0.1, 0.15) is 27.7 Å². The number of carbonyl (C=O) groups excluding carboxylic acids is 6. The van der Waals surface area contributed by atoms with Gasteiger partial charge in [-0.05, 0) is 27.7 Å². The summed E-state index contributed by atoms with van der Waals surface area (Å²) in [6.45, 7) is -3.97. The molecule has 0 heterocycles. The lowest BCUT2D eigenvalue weighted by atomic mass is 10.1. The fourth-order valence-corrected chi connectivity index (χ4v) is 6.49. The van der Waals surface area contributed by atoms with Crippen LogP contribution in [-0.2, 0) is 43.2 Å². The number of hydrogen-bond donors (Lipinski definition) is 19. The Hall–Kier alpha value is -5.37. The third kappa shape index (κ3) is 27.8. The second-order valence-corrected chi connectivity index (χ2v) is 17.5. The Morgan fingerprint density at radius 3 is 0.720 bits per heavy atom. The number of aliphatic hydroxyl groups is 12. The Kier molecular flexibility index (Phi) is 33.2. The highest BCUT2D eigenvalue weighted by molar-refractivity contribution is 5.84. The minimum atomic E-state index is -2.10. The molecule has 0 aliphatic carbocycles. The molecule has 0 aliphatic rings. The van der Waals surface area contributed by atoms with E-state index in [4.69, 9.17) is 0 Å². The van der Waals surface area contributed by atoms with Crippen LogP contribution in [0, 0.1) is 0 Å². The van der Waals surface area contributed by atoms with Gasteiger partial charge in [0.15, 0.2) is 24.4 Å². The predicted molar refractivity (Wildman–Crippen MR) is 252 cm³/mol. The van der Waals surface area contributed by atoms with Gasteiger partial charge in [-0.25, -0.2) is 0 Å². The number of carboxylic acids is 3. The predicted octanol–water partition coefficient (Wildman–Crippen LogP) is -12.3. The molecule has 0 radical (unpaired) electrons. The summed E-state index contributed by atoms with van der Waals surface area (Å²) in [7, 11) is 0. The number of nitrogens with one attached hydrogen (secondary N) is 4. The van der Waals surface area contributed by atoms with Gasteiger partial charge in [0.25, 0.3) is 23.6 Å². The topological polar surface area (TPSA) is 521 Å². The van der Waals surface area contributed by atoms with Crippen molar-refractivity contribution in [3.8, 4) is 0 Å². The summed E-state index contributed by atoms with van der Waals surface area (Å²) < 4.78 is 0. The molecule has 0 saturated carbocycles. The molecular formula is C42H77N9O24. The summed E-state index contributed by atoms with van der Waals surface area (Å²) in [5, 5.41) is 156. The van der Waals surface area contributed by atoms with Gasteiger partial charge < -0.3 is 108 Å². The monoisotopic (exact) mass is 1090 g/mol. The molecule has 0 saturated heterocycles. The van der Waals surface area contributed by atoms with E-state index in [1.165, 1.54) is 4.90 Å². The Morgan fingerprint density at radius 1 is 0.320 bits per heavy atom. The number of carbonyl (C=O) groups is 9. The maximum Gasteiger partial charge on any atom is 0.317 e. The van der Waals surface area contributed by atoms with E-state index in [9.17, 15) is 120 Å². The number of amides is 6. The van der Waals surface area contributed by atoms with Crippen LogP contribution < -0.4 is 21.3 Å². The molecule has 19 N–H and O–H groups in total. The van der Waals surface area contributed by atoms with Crippen molar-refractivity contribution in [1.82, 2.24) is 45.8 Å². The molecule has 0 unspecified atom stereocenters. The molecule has 0 rings (SSSR count). The highest BCUT2D eigenvalue weighted by Crippen LogP contribution is 2.06. The lowest BCUT2D eigenvalue weighted by Crippen LogP contribution is -2.52. The summed E-state index contributed by atoms with van der Waals surface area (Å²) in [5.41, 5.74) is 0. The number of rotatable bonds is 40. The van der Waals surface area contributed by atoms with Crippen LogP contribution >= 0.6 is 0 Å². The molecule has 75 heavy (non-hydrogen) atoms. The van der Waals surface area contributed by atoms with E-state index >= 15 is 0 Å². The van der Waals surface area contributed by atoms with Crippen LogP contribution in [0.5, 0.6) is 0 Å². The average Bonchev–Trinajstić information content (AvgIpc) is 3.32. The molecule has 0 aromatic heterocycles. The van der Waals surface area contributed by atoms with Gasteiger partial charge in [-0.15, -0.1) is 0 Å². The van der Waals surface area contributed by atoms with E-state index in [2.05, 4.69) is 21.3 Å². The van der Waals surface area contributed by atoms with Crippen LogP contribution in [0.2, 0.25) is 0 Å². The van der Waals surface area contributed by atoms with Crippen molar-refractivity contribution in [2.24, 2.45) is 0 Å². The van der Waals surface area contributed by atoms with Gasteiger partial charge in [0.1, 0.15) is 24.4 Å². The number of nitrogens with zero attached hydrogens (tertiary/aromatic N) is 5. The Balaban J connectivity index is 6.38. The molecule has 33 heteroatoms. The molecule has 0 bridgehead atoms. The van der Waals surface area contributed by atoms with E-state index in [1.807, 2.05) is 0 Å². The summed E-state index contributed by atoms with van der Waals surface area (Å²) in [6, 6.07) is 0. The summed E-state index contributed by atoms with van der Waals surface area (Å²) >= 11 is 0. The SMILES string of the molecule is C[C@@H](O)[C@H](O)[C@@H](O)C(=O)NCCN(CCNC(=O)[C@H](O)[C@@H](O)[C@@H](C)O)C(=O)CN(CCN(CCN(CC(=O)O)CC(=O)N(CCNC(=O)[C@H](O)[C@@H](O)[C@@H](C)O)CCNC(=O)[C@H](O)[C@@H](O)[C@@H](C)O)CC(=O)O)CC(=O)O. The third-order valence-electron chi connectivity index (χ3n) is 11.0. The zero-order valence-corrected chi connectivity index (χ0v) is 42.1. The zero-order valence-electron chi connectivity index (χ0n) is 42.1. The van der Waals surface area contributed by atoms with Crippen molar-refractivity contribution in [3.05, 3.63) is 0 Å². The molecule has 0 aromatic rings. The van der Waals surface area contributed by atoms with Gasteiger partial charge in [-0.1, -0.05) is 0 Å². The van der Waals surface area contributed by atoms with Crippen LogP contribution in [0.15, 0.2) is 0 Å². The Labute approximate surface area is 430 Å². The molecule has 6 amide bonds. The molecule has 33 nitrogen and oxygen atoms in total. The number of aliphatic hydroxyl groups excluding tert-OH is 12. The van der Waals surface area contributed by atoms with Crippen molar-refractivity contribution < 1.29 is 120 Å². The van der Waals surface area contributed by atoms with E-state index in [0.29, 0.717) is 0 Å². The van der Waals surface area contributed by atoms with E-state index < -0.39 is 212 Å². The van der Waals surface area contributed by atoms with Gasteiger partial charge in [-0.2, -0.15) is 0 Å². The average molecular weight is 1090 g/mol. The van der Waals surface area contributed by atoms with Crippen LogP contribution in [0.3, 0.4) is 0 Å².